The third kappa shape index (κ3) is 2.85. The Morgan fingerprint density at radius 3 is 2.82 bits per heavy atom. The van der Waals surface area contributed by atoms with Crippen LogP contribution in [0.25, 0.3) is 0 Å². The molecule has 8 heteroatoms. The number of carbonyl (C=O) groups excluding carboxylic acids is 1. The van der Waals surface area contributed by atoms with Crippen molar-refractivity contribution in [3.63, 3.8) is 0 Å². The van der Waals surface area contributed by atoms with Gasteiger partial charge in [0.2, 0.25) is 0 Å². The van der Waals surface area contributed by atoms with Gasteiger partial charge in [-0.15, -0.1) is 0 Å². The number of aromatic amines is 3. The summed E-state index contributed by atoms with van der Waals surface area (Å²) in [5, 5.41) is 0. The lowest BCUT2D eigenvalue weighted by Crippen LogP contribution is -2.41. The van der Waals surface area contributed by atoms with Crippen molar-refractivity contribution < 1.29 is 4.79 Å². The fourth-order valence-corrected chi connectivity index (χ4v) is 2.78. The molecule has 1 amide bonds. The Bertz CT molecular complexity index is 775. The molecule has 1 fully saturated rings. The summed E-state index contributed by atoms with van der Waals surface area (Å²) in [5.74, 6) is 0.672. The van der Waals surface area contributed by atoms with Crippen LogP contribution in [0, 0.1) is 6.92 Å². The maximum atomic E-state index is 12.5. The third-order valence-corrected chi connectivity index (χ3v) is 3.81. The Morgan fingerprint density at radius 1 is 1.32 bits per heavy atom. The molecule has 3 heterocycles. The van der Waals surface area contributed by atoms with Crippen LogP contribution in [0.1, 0.15) is 40.8 Å². The second kappa shape index (κ2) is 5.63. The smallest absolute Gasteiger partial charge is 0.326 e. The molecule has 0 bridgehead atoms. The van der Waals surface area contributed by atoms with E-state index in [9.17, 15) is 14.4 Å². The molecule has 0 radical (unpaired) electrons. The lowest BCUT2D eigenvalue weighted by atomic mass is 9.97. The molecular formula is C14H17N5O3. The lowest BCUT2D eigenvalue weighted by Gasteiger charge is -2.31. The summed E-state index contributed by atoms with van der Waals surface area (Å²) in [6.45, 7) is 3.05. The number of aromatic nitrogens is 4. The first-order valence-corrected chi connectivity index (χ1v) is 7.17. The lowest BCUT2D eigenvalue weighted by molar-refractivity contribution is 0.0698. The Balaban J connectivity index is 1.80. The molecule has 116 valence electrons. The number of nitrogens with zero attached hydrogens (tertiary/aromatic N) is 2. The van der Waals surface area contributed by atoms with Gasteiger partial charge >= 0.3 is 5.69 Å². The molecule has 3 rings (SSSR count). The summed E-state index contributed by atoms with van der Waals surface area (Å²) in [7, 11) is 0. The first kappa shape index (κ1) is 14.3. The number of rotatable bonds is 2. The maximum Gasteiger partial charge on any atom is 0.326 e. The van der Waals surface area contributed by atoms with Crippen molar-refractivity contribution in [1.29, 1.82) is 0 Å². The number of H-pyrrole nitrogens is 3. The molecular weight excluding hydrogens is 286 g/mol. The molecule has 1 saturated heterocycles. The number of carbonyl (C=O) groups is 1. The van der Waals surface area contributed by atoms with Crippen molar-refractivity contribution >= 4 is 5.91 Å². The van der Waals surface area contributed by atoms with Crippen molar-refractivity contribution in [2.45, 2.75) is 25.7 Å². The molecule has 0 spiro atoms. The number of amides is 1. The monoisotopic (exact) mass is 303 g/mol. The van der Waals surface area contributed by atoms with Crippen molar-refractivity contribution in [2.24, 2.45) is 0 Å². The van der Waals surface area contributed by atoms with Gasteiger partial charge in [0.15, 0.2) is 0 Å². The Kier molecular flexibility index (Phi) is 3.66. The van der Waals surface area contributed by atoms with Gasteiger partial charge in [-0.05, 0) is 19.8 Å². The van der Waals surface area contributed by atoms with E-state index in [0.29, 0.717) is 13.1 Å². The molecule has 1 aliphatic rings. The Morgan fingerprint density at radius 2 is 2.14 bits per heavy atom. The van der Waals surface area contributed by atoms with Gasteiger partial charge < -0.3 is 14.9 Å². The van der Waals surface area contributed by atoms with E-state index in [1.165, 1.54) is 0 Å². The van der Waals surface area contributed by atoms with Crippen LogP contribution in [0.5, 0.6) is 0 Å². The normalized spacial score (nSPS) is 18.4. The molecule has 1 atom stereocenters. The Hall–Kier alpha value is -2.64. The standard InChI is InChI=1S/C14H17N5O3/c1-8-6-15-12(16-8)9-3-2-4-19(7-9)13(21)10-5-11(20)18-14(22)17-10/h5-6,9H,2-4,7H2,1H3,(H,15,16)(H2,17,18,20,22)/t9-/m1/s1. The molecule has 3 N–H and O–H groups in total. The molecule has 0 saturated carbocycles. The van der Waals surface area contributed by atoms with Gasteiger partial charge in [-0.1, -0.05) is 0 Å². The van der Waals surface area contributed by atoms with Gasteiger partial charge in [-0.3, -0.25) is 14.6 Å². The van der Waals surface area contributed by atoms with E-state index in [2.05, 4.69) is 19.9 Å². The summed E-state index contributed by atoms with van der Waals surface area (Å²) in [6, 6.07) is 1.12. The van der Waals surface area contributed by atoms with Gasteiger partial charge in [-0.25, -0.2) is 9.78 Å². The number of hydrogen-bond acceptors (Lipinski definition) is 4. The summed E-state index contributed by atoms with van der Waals surface area (Å²) < 4.78 is 0. The van der Waals surface area contributed by atoms with Crippen molar-refractivity contribution in [3.8, 4) is 0 Å². The van der Waals surface area contributed by atoms with Crippen LogP contribution < -0.4 is 11.2 Å². The first-order chi connectivity index (χ1) is 10.5. The van der Waals surface area contributed by atoms with E-state index in [0.717, 1.165) is 30.4 Å². The van der Waals surface area contributed by atoms with Crippen LogP contribution in [0.2, 0.25) is 0 Å². The summed E-state index contributed by atoms with van der Waals surface area (Å²) in [5.41, 5.74) is -0.254. The van der Waals surface area contributed by atoms with Crippen LogP contribution >= 0.6 is 0 Å². The van der Waals surface area contributed by atoms with E-state index < -0.39 is 11.2 Å². The third-order valence-electron chi connectivity index (χ3n) is 3.81. The van der Waals surface area contributed by atoms with Crippen LogP contribution in [-0.2, 0) is 0 Å². The number of hydrogen-bond donors (Lipinski definition) is 3. The molecule has 1 aliphatic heterocycles. The van der Waals surface area contributed by atoms with Gasteiger partial charge in [0.05, 0.1) is 0 Å². The number of nitrogens with one attached hydrogen (secondary N) is 3. The number of aryl methyl sites for hydroxylation is 1. The minimum Gasteiger partial charge on any atom is -0.346 e. The van der Waals surface area contributed by atoms with Crippen molar-refractivity contribution in [2.75, 3.05) is 13.1 Å². The zero-order valence-corrected chi connectivity index (χ0v) is 12.2. The van der Waals surface area contributed by atoms with Gasteiger partial charge in [-0.2, -0.15) is 0 Å². The zero-order valence-electron chi connectivity index (χ0n) is 12.2. The van der Waals surface area contributed by atoms with E-state index >= 15 is 0 Å². The average Bonchev–Trinajstić information content (AvgIpc) is 2.92. The second-order valence-corrected chi connectivity index (χ2v) is 5.54. The summed E-state index contributed by atoms with van der Waals surface area (Å²) in [6.07, 6.45) is 3.57. The predicted molar refractivity (Wildman–Crippen MR) is 78.9 cm³/mol. The highest BCUT2D eigenvalue weighted by molar-refractivity contribution is 5.92. The molecule has 22 heavy (non-hydrogen) atoms. The number of likely N-dealkylation sites (tertiary alicyclic amines) is 1. The molecule has 0 aromatic carbocycles. The van der Waals surface area contributed by atoms with Crippen LogP contribution in [0.15, 0.2) is 21.9 Å². The maximum absolute atomic E-state index is 12.5. The van der Waals surface area contributed by atoms with E-state index in [1.807, 2.05) is 6.92 Å². The predicted octanol–water partition coefficient (Wildman–Crippen LogP) is 0.115. The van der Waals surface area contributed by atoms with Crippen LogP contribution in [0.4, 0.5) is 0 Å². The van der Waals surface area contributed by atoms with Gasteiger partial charge in [0, 0.05) is 37.0 Å². The van der Waals surface area contributed by atoms with E-state index in [1.54, 1.807) is 11.1 Å². The van der Waals surface area contributed by atoms with Crippen molar-refractivity contribution in [3.05, 3.63) is 50.3 Å². The van der Waals surface area contributed by atoms with Gasteiger partial charge in [0.1, 0.15) is 11.5 Å². The topological polar surface area (TPSA) is 115 Å². The van der Waals surface area contributed by atoms with Crippen LogP contribution in [0.3, 0.4) is 0 Å². The fraction of sp³-hybridized carbons (Fsp3) is 0.429. The van der Waals surface area contributed by atoms with E-state index in [4.69, 9.17) is 0 Å². The Labute approximate surface area is 125 Å². The molecule has 2 aromatic rings. The molecule has 0 aliphatic carbocycles. The van der Waals surface area contributed by atoms with Gasteiger partial charge in [0.25, 0.3) is 11.5 Å². The highest BCUT2D eigenvalue weighted by atomic mass is 16.2. The fourth-order valence-electron chi connectivity index (χ4n) is 2.78. The molecule has 0 unspecified atom stereocenters. The summed E-state index contributed by atoms with van der Waals surface area (Å²) in [4.78, 5) is 48.7. The minimum atomic E-state index is -0.675. The highest BCUT2D eigenvalue weighted by Crippen LogP contribution is 2.25. The minimum absolute atomic E-state index is 0.0185. The highest BCUT2D eigenvalue weighted by Gasteiger charge is 2.27. The van der Waals surface area contributed by atoms with E-state index in [-0.39, 0.29) is 17.5 Å². The second-order valence-electron chi connectivity index (χ2n) is 5.54. The van der Waals surface area contributed by atoms with Crippen molar-refractivity contribution in [1.82, 2.24) is 24.8 Å². The first-order valence-electron chi connectivity index (χ1n) is 7.17. The summed E-state index contributed by atoms with van der Waals surface area (Å²) >= 11 is 0. The zero-order chi connectivity index (χ0) is 15.7. The number of imidazole rings is 1. The molecule has 8 nitrogen and oxygen atoms in total. The SMILES string of the molecule is Cc1cnc([C@@H]2CCCN(C(=O)c3cc(=O)[nH]c(=O)[nH]3)C2)[nH]1. The molecule has 2 aromatic heterocycles. The number of piperidine rings is 1. The quantitative estimate of drug-likeness (QED) is 0.730. The largest absolute Gasteiger partial charge is 0.346 e. The average molecular weight is 303 g/mol. The van der Waals surface area contributed by atoms with Crippen LogP contribution in [-0.4, -0.2) is 43.8 Å².